The molecule has 4 nitrogen and oxygen atoms in total. The van der Waals surface area contributed by atoms with Gasteiger partial charge in [0.2, 0.25) is 0 Å². The van der Waals surface area contributed by atoms with Crippen molar-refractivity contribution in [2.45, 2.75) is 25.8 Å². The van der Waals surface area contributed by atoms with Crippen molar-refractivity contribution in [2.75, 3.05) is 6.54 Å². The van der Waals surface area contributed by atoms with E-state index in [2.05, 4.69) is 6.07 Å². The molecule has 1 aromatic heterocycles. The highest BCUT2D eigenvalue weighted by molar-refractivity contribution is 5.99. The predicted octanol–water partition coefficient (Wildman–Crippen LogP) is 2.87. The first kappa shape index (κ1) is 11.8. The highest BCUT2D eigenvalue weighted by Gasteiger charge is 2.35. The molecule has 0 bridgehead atoms. The van der Waals surface area contributed by atoms with Crippen LogP contribution in [0.15, 0.2) is 28.7 Å². The summed E-state index contributed by atoms with van der Waals surface area (Å²) in [6, 6.07) is 9.86. The Balaban J connectivity index is 2.01. The van der Waals surface area contributed by atoms with E-state index in [4.69, 9.17) is 9.68 Å². The van der Waals surface area contributed by atoms with Crippen molar-refractivity contribution in [3.05, 3.63) is 35.6 Å². The Morgan fingerprint density at radius 1 is 1.47 bits per heavy atom. The molecule has 0 aliphatic heterocycles. The molecule has 1 fully saturated rings. The van der Waals surface area contributed by atoms with E-state index in [1.54, 1.807) is 4.90 Å². The number of hydrogen-bond acceptors (Lipinski definition) is 3. The smallest absolute Gasteiger partial charge is 0.290 e. The zero-order chi connectivity index (χ0) is 13.4. The third kappa shape index (κ3) is 1.97. The monoisotopic (exact) mass is 254 g/mol. The number of para-hydroxylation sites is 1. The third-order valence-electron chi connectivity index (χ3n) is 3.53. The first-order valence-corrected chi connectivity index (χ1v) is 6.38. The SMILES string of the molecule is Cc1c(C(=O)N(CC#N)C2CC2)oc2ccccc12. The fraction of sp³-hybridized carbons (Fsp3) is 0.333. The van der Waals surface area contributed by atoms with Crippen molar-refractivity contribution in [2.24, 2.45) is 0 Å². The lowest BCUT2D eigenvalue weighted by Crippen LogP contribution is -2.33. The maximum Gasteiger partial charge on any atom is 0.290 e. The fourth-order valence-corrected chi connectivity index (χ4v) is 2.34. The number of carbonyl (C=O) groups is 1. The van der Waals surface area contributed by atoms with Crippen molar-refractivity contribution < 1.29 is 9.21 Å². The van der Waals surface area contributed by atoms with Crippen LogP contribution in [-0.2, 0) is 0 Å². The largest absolute Gasteiger partial charge is 0.451 e. The number of rotatable bonds is 3. The summed E-state index contributed by atoms with van der Waals surface area (Å²) in [5, 5.41) is 9.80. The highest BCUT2D eigenvalue weighted by atomic mass is 16.3. The van der Waals surface area contributed by atoms with E-state index < -0.39 is 0 Å². The van der Waals surface area contributed by atoms with Crippen molar-refractivity contribution in [3.8, 4) is 6.07 Å². The standard InChI is InChI=1S/C15H14N2O2/c1-10-12-4-2-3-5-13(12)19-14(10)15(18)17(9-8-16)11-6-7-11/h2-5,11H,6-7,9H2,1H3. The van der Waals surface area contributed by atoms with Crippen LogP contribution < -0.4 is 0 Å². The van der Waals surface area contributed by atoms with Gasteiger partial charge in [-0.2, -0.15) is 5.26 Å². The van der Waals surface area contributed by atoms with Crippen molar-refractivity contribution >= 4 is 16.9 Å². The second-order valence-electron chi connectivity index (χ2n) is 4.87. The van der Waals surface area contributed by atoms with Gasteiger partial charge in [-0.1, -0.05) is 18.2 Å². The number of nitriles is 1. The van der Waals surface area contributed by atoms with Gasteiger partial charge in [-0.25, -0.2) is 0 Å². The molecular weight excluding hydrogens is 240 g/mol. The highest BCUT2D eigenvalue weighted by Crippen LogP contribution is 2.31. The third-order valence-corrected chi connectivity index (χ3v) is 3.53. The molecule has 19 heavy (non-hydrogen) atoms. The maximum absolute atomic E-state index is 12.5. The molecule has 4 heteroatoms. The summed E-state index contributed by atoms with van der Waals surface area (Å²) >= 11 is 0. The van der Waals surface area contributed by atoms with Gasteiger partial charge in [-0.15, -0.1) is 0 Å². The number of hydrogen-bond donors (Lipinski definition) is 0. The summed E-state index contributed by atoms with van der Waals surface area (Å²) in [5.74, 6) is 0.195. The van der Waals surface area contributed by atoms with Crippen LogP contribution in [0.2, 0.25) is 0 Å². The van der Waals surface area contributed by atoms with Gasteiger partial charge in [0.15, 0.2) is 5.76 Å². The molecule has 1 saturated carbocycles. The quantitative estimate of drug-likeness (QED) is 0.791. The van der Waals surface area contributed by atoms with Crippen LogP contribution >= 0.6 is 0 Å². The van der Waals surface area contributed by atoms with Crippen molar-refractivity contribution in [1.29, 1.82) is 5.26 Å². The lowest BCUT2D eigenvalue weighted by molar-refractivity contribution is 0.0734. The molecule has 2 aromatic rings. The van der Waals surface area contributed by atoms with Crippen LogP contribution in [-0.4, -0.2) is 23.4 Å². The zero-order valence-electron chi connectivity index (χ0n) is 10.7. The molecule has 3 rings (SSSR count). The number of fused-ring (bicyclic) bond motifs is 1. The number of amides is 1. The molecule has 1 amide bonds. The zero-order valence-corrected chi connectivity index (χ0v) is 10.7. The van der Waals surface area contributed by atoms with E-state index in [1.807, 2.05) is 31.2 Å². The van der Waals surface area contributed by atoms with E-state index in [-0.39, 0.29) is 18.5 Å². The second-order valence-corrected chi connectivity index (χ2v) is 4.87. The molecule has 1 aliphatic carbocycles. The van der Waals surface area contributed by atoms with E-state index >= 15 is 0 Å². The Bertz CT molecular complexity index is 677. The van der Waals surface area contributed by atoms with Crippen molar-refractivity contribution in [1.82, 2.24) is 4.90 Å². The Kier molecular flexibility index (Phi) is 2.75. The van der Waals surface area contributed by atoms with Crippen LogP contribution in [0.3, 0.4) is 0 Å². The lowest BCUT2D eigenvalue weighted by Gasteiger charge is -2.17. The minimum Gasteiger partial charge on any atom is -0.451 e. The Hall–Kier alpha value is -2.28. The summed E-state index contributed by atoms with van der Waals surface area (Å²) < 4.78 is 5.67. The Labute approximate surface area is 111 Å². The van der Waals surface area contributed by atoms with Crippen LogP contribution in [0, 0.1) is 18.3 Å². The Morgan fingerprint density at radius 2 is 2.21 bits per heavy atom. The summed E-state index contributed by atoms with van der Waals surface area (Å²) in [5.41, 5.74) is 1.57. The molecule has 96 valence electrons. The van der Waals surface area contributed by atoms with Gasteiger partial charge in [0.05, 0.1) is 6.07 Å². The van der Waals surface area contributed by atoms with E-state index in [1.165, 1.54) is 0 Å². The van der Waals surface area contributed by atoms with Gasteiger partial charge >= 0.3 is 0 Å². The topological polar surface area (TPSA) is 57.2 Å². The predicted molar refractivity (Wildman–Crippen MR) is 70.6 cm³/mol. The summed E-state index contributed by atoms with van der Waals surface area (Å²) in [6.45, 7) is 2.01. The average Bonchev–Trinajstić information content (AvgIpc) is 3.21. The fourth-order valence-electron chi connectivity index (χ4n) is 2.34. The minimum absolute atomic E-state index is 0.125. The molecule has 0 radical (unpaired) electrons. The van der Waals surface area contributed by atoms with Gasteiger partial charge in [0.25, 0.3) is 5.91 Å². The molecule has 1 aliphatic rings. The van der Waals surface area contributed by atoms with Gasteiger partial charge in [0, 0.05) is 17.0 Å². The second kappa shape index (κ2) is 4.43. The number of benzene rings is 1. The van der Waals surface area contributed by atoms with Crippen LogP contribution in [0.25, 0.3) is 11.0 Å². The first-order chi connectivity index (χ1) is 9.22. The van der Waals surface area contributed by atoms with Gasteiger partial charge in [0.1, 0.15) is 12.1 Å². The Morgan fingerprint density at radius 3 is 2.84 bits per heavy atom. The molecule has 1 heterocycles. The molecule has 0 spiro atoms. The van der Waals surface area contributed by atoms with E-state index in [0.29, 0.717) is 5.76 Å². The van der Waals surface area contributed by atoms with Gasteiger partial charge < -0.3 is 9.32 Å². The average molecular weight is 254 g/mol. The molecular formula is C15H14N2O2. The summed E-state index contributed by atoms with van der Waals surface area (Å²) in [7, 11) is 0. The maximum atomic E-state index is 12.5. The normalized spacial score (nSPS) is 14.3. The molecule has 0 unspecified atom stereocenters. The molecule has 0 saturated heterocycles. The van der Waals surface area contributed by atoms with Gasteiger partial charge in [-0.3, -0.25) is 4.79 Å². The van der Waals surface area contributed by atoms with Gasteiger partial charge in [-0.05, 0) is 25.8 Å². The molecule has 0 N–H and O–H groups in total. The number of aryl methyl sites for hydroxylation is 1. The first-order valence-electron chi connectivity index (χ1n) is 6.38. The summed E-state index contributed by atoms with van der Waals surface area (Å²) in [6.07, 6.45) is 1.96. The lowest BCUT2D eigenvalue weighted by atomic mass is 10.1. The number of carbonyl (C=O) groups excluding carboxylic acids is 1. The van der Waals surface area contributed by atoms with Crippen molar-refractivity contribution in [3.63, 3.8) is 0 Å². The summed E-state index contributed by atoms with van der Waals surface area (Å²) in [4.78, 5) is 14.1. The number of furan rings is 1. The van der Waals surface area contributed by atoms with Crippen LogP contribution in [0.4, 0.5) is 0 Å². The van der Waals surface area contributed by atoms with Crippen LogP contribution in [0.1, 0.15) is 29.0 Å². The van der Waals surface area contributed by atoms with E-state index in [0.717, 1.165) is 29.4 Å². The number of nitrogens with zero attached hydrogens (tertiary/aromatic N) is 2. The van der Waals surface area contributed by atoms with E-state index in [9.17, 15) is 4.79 Å². The molecule has 0 atom stereocenters. The molecule has 1 aromatic carbocycles. The minimum atomic E-state index is -0.169. The van der Waals surface area contributed by atoms with Crippen LogP contribution in [0.5, 0.6) is 0 Å².